The van der Waals surface area contributed by atoms with Crippen molar-refractivity contribution in [2.75, 3.05) is 0 Å². The minimum atomic E-state index is -0.336. The predicted molar refractivity (Wildman–Crippen MR) is 88.3 cm³/mol. The highest BCUT2D eigenvalue weighted by atomic mass is 35.5. The second kappa shape index (κ2) is 11.2. The van der Waals surface area contributed by atoms with Gasteiger partial charge in [0.15, 0.2) is 0 Å². The zero-order chi connectivity index (χ0) is 14.6. The lowest BCUT2D eigenvalue weighted by molar-refractivity contribution is 0.163. The first-order valence-corrected chi connectivity index (χ1v) is 8.55. The van der Waals surface area contributed by atoms with E-state index in [9.17, 15) is 5.11 Å². The molecule has 20 heavy (non-hydrogen) atoms. The standard InChI is InChI=1S/C18H29ClO/c1-2-3-4-5-6-7-8-9-10-11-18(20)16-12-14-17(19)15-13-16/h12-15,18,20H,2-11H2,1H3. The van der Waals surface area contributed by atoms with E-state index in [-0.39, 0.29) is 6.10 Å². The summed E-state index contributed by atoms with van der Waals surface area (Å²) in [7, 11) is 0. The molecule has 0 aliphatic rings. The van der Waals surface area contributed by atoms with Gasteiger partial charge in [-0.1, -0.05) is 88.4 Å². The quantitative estimate of drug-likeness (QED) is 0.475. The van der Waals surface area contributed by atoms with E-state index in [0.29, 0.717) is 0 Å². The third kappa shape index (κ3) is 7.91. The Labute approximate surface area is 129 Å². The fourth-order valence-corrected chi connectivity index (χ4v) is 2.63. The summed E-state index contributed by atoms with van der Waals surface area (Å²) in [5.74, 6) is 0. The van der Waals surface area contributed by atoms with Gasteiger partial charge in [-0.05, 0) is 24.1 Å². The Morgan fingerprint density at radius 1 is 0.850 bits per heavy atom. The number of hydrogen-bond acceptors (Lipinski definition) is 1. The first-order valence-electron chi connectivity index (χ1n) is 8.17. The van der Waals surface area contributed by atoms with Gasteiger partial charge in [0.05, 0.1) is 6.10 Å². The molecule has 0 heterocycles. The summed E-state index contributed by atoms with van der Waals surface area (Å²) in [6, 6.07) is 7.52. The molecule has 114 valence electrons. The molecule has 0 bridgehead atoms. The van der Waals surface area contributed by atoms with Gasteiger partial charge in [-0.25, -0.2) is 0 Å². The third-order valence-electron chi connectivity index (χ3n) is 3.84. The zero-order valence-electron chi connectivity index (χ0n) is 12.8. The molecule has 1 atom stereocenters. The van der Waals surface area contributed by atoms with Crippen molar-refractivity contribution in [2.45, 2.75) is 77.2 Å². The van der Waals surface area contributed by atoms with Gasteiger partial charge in [0, 0.05) is 5.02 Å². The highest BCUT2D eigenvalue weighted by Gasteiger charge is 2.06. The molecular formula is C18H29ClO. The minimum absolute atomic E-state index is 0.336. The van der Waals surface area contributed by atoms with Crippen LogP contribution in [0.15, 0.2) is 24.3 Å². The van der Waals surface area contributed by atoms with Crippen LogP contribution in [-0.2, 0) is 0 Å². The molecule has 0 radical (unpaired) electrons. The fourth-order valence-electron chi connectivity index (χ4n) is 2.50. The molecular weight excluding hydrogens is 268 g/mol. The summed E-state index contributed by atoms with van der Waals surface area (Å²) in [5.41, 5.74) is 0.981. The van der Waals surface area contributed by atoms with E-state index in [1.807, 2.05) is 24.3 Å². The van der Waals surface area contributed by atoms with Crippen LogP contribution >= 0.6 is 11.6 Å². The predicted octanol–water partition coefficient (Wildman–Crippen LogP) is 6.29. The van der Waals surface area contributed by atoms with Crippen molar-refractivity contribution < 1.29 is 5.11 Å². The van der Waals surface area contributed by atoms with Crippen LogP contribution in [0.1, 0.15) is 82.8 Å². The van der Waals surface area contributed by atoms with Crippen molar-refractivity contribution in [1.82, 2.24) is 0 Å². The number of benzene rings is 1. The molecule has 0 aromatic heterocycles. The number of aliphatic hydroxyl groups excluding tert-OH is 1. The van der Waals surface area contributed by atoms with E-state index >= 15 is 0 Å². The van der Waals surface area contributed by atoms with Crippen LogP contribution in [0, 0.1) is 0 Å². The van der Waals surface area contributed by atoms with Crippen molar-refractivity contribution >= 4 is 11.6 Å². The molecule has 1 N–H and O–H groups in total. The SMILES string of the molecule is CCCCCCCCCCCC(O)c1ccc(Cl)cc1. The number of aliphatic hydroxyl groups is 1. The van der Waals surface area contributed by atoms with Crippen molar-refractivity contribution in [3.8, 4) is 0 Å². The Morgan fingerprint density at radius 3 is 1.90 bits per heavy atom. The smallest absolute Gasteiger partial charge is 0.0790 e. The first kappa shape index (κ1) is 17.5. The molecule has 1 aromatic rings. The van der Waals surface area contributed by atoms with Crippen LogP contribution in [0.5, 0.6) is 0 Å². The van der Waals surface area contributed by atoms with Gasteiger partial charge in [-0.3, -0.25) is 0 Å². The van der Waals surface area contributed by atoms with E-state index in [1.54, 1.807) is 0 Å². The molecule has 0 spiro atoms. The summed E-state index contributed by atoms with van der Waals surface area (Å²) < 4.78 is 0. The molecule has 1 aromatic carbocycles. The van der Waals surface area contributed by atoms with Crippen molar-refractivity contribution in [3.63, 3.8) is 0 Å². The third-order valence-corrected chi connectivity index (χ3v) is 4.09. The Morgan fingerprint density at radius 2 is 1.35 bits per heavy atom. The number of halogens is 1. The average molecular weight is 297 g/mol. The molecule has 2 heteroatoms. The molecule has 0 saturated carbocycles. The molecule has 0 amide bonds. The zero-order valence-corrected chi connectivity index (χ0v) is 13.5. The highest BCUT2D eigenvalue weighted by Crippen LogP contribution is 2.22. The van der Waals surface area contributed by atoms with Gasteiger partial charge in [0.1, 0.15) is 0 Å². The first-order chi connectivity index (χ1) is 9.74. The maximum Gasteiger partial charge on any atom is 0.0790 e. The largest absolute Gasteiger partial charge is 0.388 e. The Bertz CT molecular complexity index is 334. The van der Waals surface area contributed by atoms with Gasteiger partial charge in [-0.15, -0.1) is 0 Å². The fraction of sp³-hybridized carbons (Fsp3) is 0.667. The van der Waals surface area contributed by atoms with E-state index < -0.39 is 0 Å². The van der Waals surface area contributed by atoms with E-state index in [2.05, 4.69) is 6.92 Å². The van der Waals surface area contributed by atoms with Gasteiger partial charge in [0.2, 0.25) is 0 Å². The summed E-state index contributed by atoms with van der Waals surface area (Å²) in [5, 5.41) is 10.8. The molecule has 0 aliphatic heterocycles. The van der Waals surface area contributed by atoms with Crippen LogP contribution in [0.25, 0.3) is 0 Å². The Balaban J connectivity index is 1.99. The molecule has 1 rings (SSSR count). The van der Waals surface area contributed by atoms with Crippen molar-refractivity contribution in [1.29, 1.82) is 0 Å². The summed E-state index contributed by atoms with van der Waals surface area (Å²) in [6.45, 7) is 2.26. The van der Waals surface area contributed by atoms with Gasteiger partial charge in [0.25, 0.3) is 0 Å². The number of unbranched alkanes of at least 4 members (excludes halogenated alkanes) is 8. The number of hydrogen-bond donors (Lipinski definition) is 1. The molecule has 0 aliphatic carbocycles. The van der Waals surface area contributed by atoms with E-state index in [0.717, 1.165) is 23.4 Å². The number of rotatable bonds is 11. The minimum Gasteiger partial charge on any atom is -0.388 e. The van der Waals surface area contributed by atoms with Gasteiger partial charge >= 0.3 is 0 Å². The lowest BCUT2D eigenvalue weighted by Crippen LogP contribution is -1.97. The van der Waals surface area contributed by atoms with Crippen LogP contribution in [0.3, 0.4) is 0 Å². The second-order valence-electron chi connectivity index (χ2n) is 5.68. The monoisotopic (exact) mass is 296 g/mol. The van der Waals surface area contributed by atoms with Crippen LogP contribution in [0.2, 0.25) is 5.02 Å². The Hall–Kier alpha value is -0.530. The molecule has 1 nitrogen and oxygen atoms in total. The van der Waals surface area contributed by atoms with Gasteiger partial charge in [-0.2, -0.15) is 0 Å². The summed E-state index contributed by atoms with van der Waals surface area (Å²) in [4.78, 5) is 0. The average Bonchev–Trinajstić information content (AvgIpc) is 2.46. The highest BCUT2D eigenvalue weighted by molar-refractivity contribution is 6.30. The van der Waals surface area contributed by atoms with Gasteiger partial charge < -0.3 is 5.11 Å². The maximum absolute atomic E-state index is 10.1. The molecule has 0 saturated heterocycles. The van der Waals surface area contributed by atoms with Crippen LogP contribution in [0.4, 0.5) is 0 Å². The van der Waals surface area contributed by atoms with Crippen molar-refractivity contribution in [3.05, 3.63) is 34.9 Å². The summed E-state index contributed by atoms with van der Waals surface area (Å²) >= 11 is 5.84. The van der Waals surface area contributed by atoms with Crippen molar-refractivity contribution in [2.24, 2.45) is 0 Å². The van der Waals surface area contributed by atoms with Crippen LogP contribution < -0.4 is 0 Å². The normalized spacial score (nSPS) is 12.6. The second-order valence-corrected chi connectivity index (χ2v) is 6.12. The topological polar surface area (TPSA) is 20.2 Å². The molecule has 0 fully saturated rings. The van der Waals surface area contributed by atoms with E-state index in [1.165, 1.54) is 51.4 Å². The van der Waals surface area contributed by atoms with E-state index in [4.69, 9.17) is 11.6 Å². The lowest BCUT2D eigenvalue weighted by atomic mass is 10.0. The Kier molecular flexibility index (Phi) is 9.78. The maximum atomic E-state index is 10.1. The van der Waals surface area contributed by atoms with Crippen LogP contribution in [-0.4, -0.2) is 5.11 Å². The summed E-state index contributed by atoms with van der Waals surface area (Å²) in [6.07, 6.45) is 12.4. The lowest BCUT2D eigenvalue weighted by Gasteiger charge is -2.10. The molecule has 1 unspecified atom stereocenters.